The van der Waals surface area contributed by atoms with E-state index in [1.54, 1.807) is 12.1 Å². The highest BCUT2D eigenvalue weighted by Gasteiger charge is 2.11. The molecule has 0 spiro atoms. The number of nitrogens with zero attached hydrogens (tertiary/aromatic N) is 1. The molecule has 0 aliphatic rings. The third-order valence-corrected chi connectivity index (χ3v) is 3.28. The second-order valence-corrected chi connectivity index (χ2v) is 4.85. The quantitative estimate of drug-likeness (QED) is 0.910. The molecule has 1 aromatic heterocycles. The van der Waals surface area contributed by atoms with E-state index in [-0.39, 0.29) is 11.3 Å². The fourth-order valence-corrected chi connectivity index (χ4v) is 1.84. The van der Waals surface area contributed by atoms with Gasteiger partial charge in [-0.25, -0.2) is 9.37 Å². The van der Waals surface area contributed by atoms with Crippen LogP contribution in [0, 0.1) is 5.82 Å². The van der Waals surface area contributed by atoms with Gasteiger partial charge in [0.05, 0.1) is 5.52 Å². The minimum Gasteiger partial charge on any atom is -0.317 e. The van der Waals surface area contributed by atoms with Crippen LogP contribution < -0.4 is 10.9 Å². The summed E-state index contributed by atoms with van der Waals surface area (Å²) in [6.07, 6.45) is 0.879. The lowest BCUT2D eigenvalue weighted by Gasteiger charge is -2.08. The first-order valence-corrected chi connectivity index (χ1v) is 7.44. The first kappa shape index (κ1) is 17.3. The maximum Gasteiger partial charge on any atom is 0.261 e. The molecule has 116 valence electrons. The van der Waals surface area contributed by atoms with Crippen molar-refractivity contribution >= 4 is 10.9 Å². The van der Waals surface area contributed by atoms with Gasteiger partial charge in [0, 0.05) is 5.92 Å². The SMILES string of the molecule is CCNCC.CC[C@H](C)c1nc2cccc(F)c2c(=O)[nH]1. The van der Waals surface area contributed by atoms with E-state index in [2.05, 4.69) is 29.1 Å². The van der Waals surface area contributed by atoms with Crippen LogP contribution in [0.2, 0.25) is 0 Å². The minimum absolute atomic E-state index is 0.0366. The fourth-order valence-electron chi connectivity index (χ4n) is 1.84. The van der Waals surface area contributed by atoms with Crippen LogP contribution in [0.15, 0.2) is 23.0 Å². The zero-order chi connectivity index (χ0) is 15.8. The Balaban J connectivity index is 0.000000383. The summed E-state index contributed by atoms with van der Waals surface area (Å²) in [5.74, 6) is 0.257. The van der Waals surface area contributed by atoms with E-state index in [0.29, 0.717) is 11.3 Å². The average Bonchev–Trinajstić information content (AvgIpc) is 2.47. The number of aromatic nitrogens is 2. The second kappa shape index (κ2) is 8.52. The highest BCUT2D eigenvalue weighted by Crippen LogP contribution is 2.16. The van der Waals surface area contributed by atoms with E-state index < -0.39 is 11.4 Å². The Labute approximate surface area is 124 Å². The van der Waals surface area contributed by atoms with Crippen LogP contribution in [0.1, 0.15) is 45.9 Å². The van der Waals surface area contributed by atoms with Gasteiger partial charge in [0.25, 0.3) is 5.56 Å². The predicted molar refractivity (Wildman–Crippen MR) is 85.2 cm³/mol. The topological polar surface area (TPSA) is 57.8 Å². The van der Waals surface area contributed by atoms with Gasteiger partial charge in [0.15, 0.2) is 0 Å². The standard InChI is InChI=1S/C12H13FN2O.C4H11N/c1-3-7(2)11-14-9-6-4-5-8(13)10(9)12(16)15-11;1-3-5-4-2/h4-7H,3H2,1-2H3,(H,14,15,16);5H,3-4H2,1-2H3/t7-;/m0./s1. The number of benzene rings is 1. The summed E-state index contributed by atoms with van der Waals surface area (Å²) < 4.78 is 13.4. The zero-order valence-electron chi connectivity index (χ0n) is 13.2. The summed E-state index contributed by atoms with van der Waals surface area (Å²) in [5, 5.41) is 3.15. The van der Waals surface area contributed by atoms with Crippen molar-refractivity contribution in [2.45, 2.75) is 40.0 Å². The van der Waals surface area contributed by atoms with Gasteiger partial charge in [-0.05, 0) is 31.6 Å². The van der Waals surface area contributed by atoms with Gasteiger partial charge in [0.1, 0.15) is 17.0 Å². The number of halogens is 1. The van der Waals surface area contributed by atoms with Crippen molar-refractivity contribution in [1.29, 1.82) is 0 Å². The van der Waals surface area contributed by atoms with E-state index in [4.69, 9.17) is 0 Å². The van der Waals surface area contributed by atoms with Crippen molar-refractivity contribution in [3.63, 3.8) is 0 Å². The van der Waals surface area contributed by atoms with E-state index in [9.17, 15) is 9.18 Å². The summed E-state index contributed by atoms with van der Waals surface area (Å²) in [4.78, 5) is 18.6. The van der Waals surface area contributed by atoms with Gasteiger partial charge in [-0.1, -0.05) is 33.8 Å². The highest BCUT2D eigenvalue weighted by atomic mass is 19.1. The average molecular weight is 293 g/mol. The Morgan fingerprint density at radius 1 is 1.29 bits per heavy atom. The molecule has 2 rings (SSSR count). The van der Waals surface area contributed by atoms with Crippen LogP contribution in [0.5, 0.6) is 0 Å². The molecule has 0 aliphatic heterocycles. The van der Waals surface area contributed by atoms with E-state index in [0.717, 1.165) is 19.5 Å². The number of fused-ring (bicyclic) bond motifs is 1. The van der Waals surface area contributed by atoms with Crippen molar-refractivity contribution < 1.29 is 4.39 Å². The molecule has 0 unspecified atom stereocenters. The van der Waals surface area contributed by atoms with Crippen LogP contribution in [0.4, 0.5) is 4.39 Å². The molecular formula is C16H24FN3O. The first-order chi connectivity index (χ1) is 10.0. The minimum atomic E-state index is -0.526. The summed E-state index contributed by atoms with van der Waals surface area (Å²) in [7, 11) is 0. The molecule has 5 heteroatoms. The molecule has 0 radical (unpaired) electrons. The van der Waals surface area contributed by atoms with Crippen LogP contribution in [-0.4, -0.2) is 23.1 Å². The maximum atomic E-state index is 13.4. The molecule has 0 saturated carbocycles. The molecule has 21 heavy (non-hydrogen) atoms. The second-order valence-electron chi connectivity index (χ2n) is 4.85. The number of rotatable bonds is 4. The smallest absolute Gasteiger partial charge is 0.261 e. The maximum absolute atomic E-state index is 13.4. The molecule has 0 fully saturated rings. The fraction of sp³-hybridized carbons (Fsp3) is 0.500. The number of hydrogen-bond acceptors (Lipinski definition) is 3. The molecule has 4 nitrogen and oxygen atoms in total. The number of hydrogen-bond donors (Lipinski definition) is 2. The number of H-pyrrole nitrogens is 1. The summed E-state index contributed by atoms with van der Waals surface area (Å²) >= 11 is 0. The Morgan fingerprint density at radius 2 is 1.95 bits per heavy atom. The van der Waals surface area contributed by atoms with Gasteiger partial charge in [0.2, 0.25) is 0 Å². The molecule has 1 heterocycles. The van der Waals surface area contributed by atoms with Crippen LogP contribution in [-0.2, 0) is 0 Å². The number of aromatic amines is 1. The van der Waals surface area contributed by atoms with Crippen molar-refractivity contribution in [3.05, 3.63) is 40.2 Å². The molecule has 0 bridgehead atoms. The van der Waals surface area contributed by atoms with Gasteiger partial charge < -0.3 is 10.3 Å². The summed E-state index contributed by atoms with van der Waals surface area (Å²) in [5.41, 5.74) is 0.0115. The van der Waals surface area contributed by atoms with Crippen molar-refractivity contribution in [2.24, 2.45) is 0 Å². The van der Waals surface area contributed by atoms with Crippen LogP contribution in [0.25, 0.3) is 10.9 Å². The molecule has 1 atom stereocenters. The van der Waals surface area contributed by atoms with Gasteiger partial charge in [-0.3, -0.25) is 4.79 Å². The van der Waals surface area contributed by atoms with Gasteiger partial charge in [-0.2, -0.15) is 0 Å². The van der Waals surface area contributed by atoms with Crippen molar-refractivity contribution in [1.82, 2.24) is 15.3 Å². The Hall–Kier alpha value is -1.75. The van der Waals surface area contributed by atoms with E-state index in [1.807, 2.05) is 13.8 Å². The Bertz CT molecular complexity index is 622. The van der Waals surface area contributed by atoms with Crippen molar-refractivity contribution in [3.8, 4) is 0 Å². The summed E-state index contributed by atoms with van der Waals surface area (Å²) in [6.45, 7) is 10.4. The highest BCUT2D eigenvalue weighted by molar-refractivity contribution is 5.77. The molecule has 2 aromatic rings. The third-order valence-electron chi connectivity index (χ3n) is 3.28. The molecular weight excluding hydrogens is 269 g/mol. The zero-order valence-corrected chi connectivity index (χ0v) is 13.2. The predicted octanol–water partition coefficient (Wildman–Crippen LogP) is 3.19. The lowest BCUT2D eigenvalue weighted by atomic mass is 10.1. The lowest BCUT2D eigenvalue weighted by Crippen LogP contribution is -2.14. The Kier molecular flexibility index (Phi) is 7.02. The van der Waals surface area contributed by atoms with Crippen LogP contribution in [0.3, 0.4) is 0 Å². The molecule has 0 saturated heterocycles. The van der Waals surface area contributed by atoms with Crippen LogP contribution >= 0.6 is 0 Å². The third kappa shape index (κ3) is 4.63. The van der Waals surface area contributed by atoms with E-state index in [1.165, 1.54) is 6.07 Å². The number of nitrogens with one attached hydrogen (secondary N) is 2. The van der Waals surface area contributed by atoms with Gasteiger partial charge >= 0.3 is 0 Å². The largest absolute Gasteiger partial charge is 0.317 e. The van der Waals surface area contributed by atoms with E-state index >= 15 is 0 Å². The molecule has 0 amide bonds. The molecule has 1 aromatic carbocycles. The first-order valence-electron chi connectivity index (χ1n) is 7.44. The van der Waals surface area contributed by atoms with Crippen molar-refractivity contribution in [2.75, 3.05) is 13.1 Å². The Morgan fingerprint density at radius 3 is 2.48 bits per heavy atom. The lowest BCUT2D eigenvalue weighted by molar-refractivity contribution is 0.635. The monoisotopic (exact) mass is 293 g/mol. The molecule has 2 N–H and O–H groups in total. The summed E-state index contributed by atoms with van der Waals surface area (Å²) in [6, 6.07) is 4.48. The normalized spacial score (nSPS) is 11.9. The molecule has 0 aliphatic carbocycles. The van der Waals surface area contributed by atoms with Gasteiger partial charge in [-0.15, -0.1) is 0 Å².